The first-order valence-electron chi connectivity index (χ1n) is 5.66. The maximum atomic E-state index is 11.0. The largest absolute Gasteiger partial charge is 0.481 e. The predicted octanol–water partition coefficient (Wildman–Crippen LogP) is 2.26. The van der Waals surface area contributed by atoms with E-state index in [9.17, 15) is 4.79 Å². The van der Waals surface area contributed by atoms with Crippen LogP contribution in [-0.4, -0.2) is 29.1 Å². The number of likely N-dealkylation sites (tertiary alicyclic amines) is 1. The van der Waals surface area contributed by atoms with Crippen molar-refractivity contribution in [2.45, 2.75) is 13.5 Å². The molecule has 2 atom stereocenters. The highest BCUT2D eigenvalue weighted by Gasteiger charge is 2.34. The molecule has 17 heavy (non-hydrogen) atoms. The first kappa shape index (κ1) is 14.0. The van der Waals surface area contributed by atoms with E-state index in [1.54, 1.807) is 0 Å². The Morgan fingerprint density at radius 2 is 2.00 bits per heavy atom. The Balaban J connectivity index is 0.00000144. The number of halogens is 1. The van der Waals surface area contributed by atoms with Crippen LogP contribution >= 0.6 is 12.4 Å². The van der Waals surface area contributed by atoms with E-state index in [0.717, 1.165) is 13.1 Å². The van der Waals surface area contributed by atoms with Gasteiger partial charge in [0, 0.05) is 19.6 Å². The Bertz CT molecular complexity index is 369. The Labute approximate surface area is 108 Å². The van der Waals surface area contributed by atoms with E-state index in [4.69, 9.17) is 5.11 Å². The minimum Gasteiger partial charge on any atom is -0.481 e. The van der Waals surface area contributed by atoms with Gasteiger partial charge in [0.25, 0.3) is 0 Å². The number of aliphatic carboxylic acids is 1. The summed E-state index contributed by atoms with van der Waals surface area (Å²) in [4.78, 5) is 13.2. The number of carboxylic acid groups (broad SMARTS) is 1. The molecule has 1 N–H and O–H groups in total. The topological polar surface area (TPSA) is 40.5 Å². The highest BCUT2D eigenvalue weighted by Crippen LogP contribution is 2.24. The standard InChI is InChI=1S/C13H17NO2.ClH/c1-10-7-14(9-12(10)13(15)16)8-11-5-3-2-4-6-11;/h2-6,10,12H,7-9H2,1H3,(H,15,16);1H/t10-,12-;/m1./s1. The summed E-state index contributed by atoms with van der Waals surface area (Å²) in [5, 5.41) is 9.04. The molecule has 1 aliphatic rings. The van der Waals surface area contributed by atoms with Gasteiger partial charge in [-0.15, -0.1) is 12.4 Å². The lowest BCUT2D eigenvalue weighted by molar-refractivity contribution is -0.142. The number of carbonyl (C=O) groups is 1. The second-order valence-corrected chi connectivity index (χ2v) is 4.60. The molecular formula is C13H18ClNO2. The summed E-state index contributed by atoms with van der Waals surface area (Å²) >= 11 is 0. The van der Waals surface area contributed by atoms with Crippen molar-refractivity contribution >= 4 is 18.4 Å². The number of hydrogen-bond acceptors (Lipinski definition) is 2. The van der Waals surface area contributed by atoms with Crippen molar-refractivity contribution in [1.82, 2.24) is 4.90 Å². The van der Waals surface area contributed by atoms with Gasteiger partial charge in [-0.1, -0.05) is 37.3 Å². The smallest absolute Gasteiger partial charge is 0.308 e. The molecule has 1 aromatic carbocycles. The number of rotatable bonds is 3. The fraction of sp³-hybridized carbons (Fsp3) is 0.462. The molecule has 0 aromatic heterocycles. The zero-order valence-electron chi connectivity index (χ0n) is 9.87. The molecule has 1 heterocycles. The Kier molecular flexibility index (Phi) is 4.97. The van der Waals surface area contributed by atoms with Crippen LogP contribution in [0, 0.1) is 11.8 Å². The van der Waals surface area contributed by atoms with Crippen LogP contribution < -0.4 is 0 Å². The van der Waals surface area contributed by atoms with E-state index in [1.807, 2.05) is 25.1 Å². The first-order chi connectivity index (χ1) is 7.66. The van der Waals surface area contributed by atoms with Crippen molar-refractivity contribution in [2.75, 3.05) is 13.1 Å². The van der Waals surface area contributed by atoms with Crippen LogP contribution in [0.15, 0.2) is 30.3 Å². The molecule has 2 rings (SSSR count). The van der Waals surface area contributed by atoms with Crippen LogP contribution in [0.1, 0.15) is 12.5 Å². The van der Waals surface area contributed by atoms with Gasteiger partial charge in [-0.3, -0.25) is 9.69 Å². The van der Waals surface area contributed by atoms with Gasteiger partial charge in [0.2, 0.25) is 0 Å². The van der Waals surface area contributed by atoms with Gasteiger partial charge in [-0.25, -0.2) is 0 Å². The van der Waals surface area contributed by atoms with Crippen LogP contribution in [0.5, 0.6) is 0 Å². The van der Waals surface area contributed by atoms with Crippen molar-refractivity contribution in [1.29, 1.82) is 0 Å². The molecule has 4 heteroatoms. The molecule has 1 saturated heterocycles. The second-order valence-electron chi connectivity index (χ2n) is 4.60. The van der Waals surface area contributed by atoms with Gasteiger partial charge in [0.1, 0.15) is 0 Å². The summed E-state index contributed by atoms with van der Waals surface area (Å²) in [5.74, 6) is -0.618. The summed E-state index contributed by atoms with van der Waals surface area (Å²) in [7, 11) is 0. The maximum Gasteiger partial charge on any atom is 0.308 e. The quantitative estimate of drug-likeness (QED) is 0.901. The van der Waals surface area contributed by atoms with Crippen LogP contribution in [0.25, 0.3) is 0 Å². The summed E-state index contributed by atoms with van der Waals surface area (Å²) in [5.41, 5.74) is 1.25. The molecule has 0 spiro atoms. The molecule has 1 aromatic rings. The Hall–Kier alpha value is -1.06. The predicted molar refractivity (Wildman–Crippen MR) is 69.3 cm³/mol. The number of hydrogen-bond donors (Lipinski definition) is 1. The third-order valence-electron chi connectivity index (χ3n) is 3.25. The first-order valence-corrected chi connectivity index (χ1v) is 5.66. The van der Waals surface area contributed by atoms with Crippen molar-refractivity contribution in [3.63, 3.8) is 0 Å². The zero-order chi connectivity index (χ0) is 11.5. The number of nitrogens with zero attached hydrogens (tertiary/aromatic N) is 1. The molecule has 0 unspecified atom stereocenters. The Morgan fingerprint density at radius 1 is 1.35 bits per heavy atom. The summed E-state index contributed by atoms with van der Waals surface area (Å²) < 4.78 is 0. The molecule has 0 amide bonds. The average molecular weight is 256 g/mol. The molecule has 3 nitrogen and oxygen atoms in total. The van der Waals surface area contributed by atoms with Crippen molar-refractivity contribution in [3.8, 4) is 0 Å². The molecule has 1 fully saturated rings. The van der Waals surface area contributed by atoms with Crippen LogP contribution in [0.3, 0.4) is 0 Å². The fourth-order valence-electron chi connectivity index (χ4n) is 2.36. The lowest BCUT2D eigenvalue weighted by atomic mass is 9.99. The van der Waals surface area contributed by atoms with Gasteiger partial charge in [0.15, 0.2) is 0 Å². The van der Waals surface area contributed by atoms with Crippen molar-refractivity contribution in [2.24, 2.45) is 11.8 Å². The molecule has 0 aliphatic carbocycles. The zero-order valence-corrected chi connectivity index (χ0v) is 10.7. The fourth-order valence-corrected chi connectivity index (χ4v) is 2.36. The molecule has 1 aliphatic heterocycles. The van der Waals surface area contributed by atoms with Crippen molar-refractivity contribution in [3.05, 3.63) is 35.9 Å². The molecule has 0 radical (unpaired) electrons. The maximum absolute atomic E-state index is 11.0. The highest BCUT2D eigenvalue weighted by atomic mass is 35.5. The van der Waals surface area contributed by atoms with Gasteiger partial charge in [-0.2, -0.15) is 0 Å². The van der Waals surface area contributed by atoms with E-state index in [-0.39, 0.29) is 24.2 Å². The van der Waals surface area contributed by atoms with Gasteiger partial charge in [0.05, 0.1) is 5.92 Å². The number of benzene rings is 1. The minimum absolute atomic E-state index is 0. The van der Waals surface area contributed by atoms with Gasteiger partial charge < -0.3 is 5.11 Å². The Morgan fingerprint density at radius 3 is 2.53 bits per heavy atom. The van der Waals surface area contributed by atoms with E-state index in [0.29, 0.717) is 6.54 Å². The molecule has 0 bridgehead atoms. The van der Waals surface area contributed by atoms with E-state index < -0.39 is 5.97 Å². The average Bonchev–Trinajstić information content (AvgIpc) is 2.61. The van der Waals surface area contributed by atoms with E-state index in [1.165, 1.54) is 5.56 Å². The van der Waals surface area contributed by atoms with E-state index in [2.05, 4.69) is 17.0 Å². The summed E-state index contributed by atoms with van der Waals surface area (Å²) in [6, 6.07) is 10.2. The number of carboxylic acids is 1. The van der Waals surface area contributed by atoms with Gasteiger partial charge >= 0.3 is 5.97 Å². The summed E-state index contributed by atoms with van der Waals surface area (Å²) in [6.45, 7) is 4.43. The highest BCUT2D eigenvalue weighted by molar-refractivity contribution is 5.85. The van der Waals surface area contributed by atoms with Crippen LogP contribution in [0.4, 0.5) is 0 Å². The third kappa shape index (κ3) is 3.45. The van der Waals surface area contributed by atoms with Crippen LogP contribution in [0.2, 0.25) is 0 Å². The van der Waals surface area contributed by atoms with Gasteiger partial charge in [-0.05, 0) is 11.5 Å². The van der Waals surface area contributed by atoms with E-state index >= 15 is 0 Å². The molecule has 94 valence electrons. The second kappa shape index (κ2) is 6.03. The molecular weight excluding hydrogens is 238 g/mol. The SMILES string of the molecule is C[C@@H]1CN(Cc2ccccc2)C[C@H]1C(=O)O.Cl. The summed E-state index contributed by atoms with van der Waals surface area (Å²) in [6.07, 6.45) is 0. The lowest BCUT2D eigenvalue weighted by Crippen LogP contribution is -2.23. The monoisotopic (exact) mass is 255 g/mol. The van der Waals surface area contributed by atoms with Crippen LogP contribution in [-0.2, 0) is 11.3 Å². The van der Waals surface area contributed by atoms with Crippen molar-refractivity contribution < 1.29 is 9.90 Å². The molecule has 0 saturated carbocycles. The lowest BCUT2D eigenvalue weighted by Gasteiger charge is -2.14. The normalized spacial score (nSPS) is 24.3. The third-order valence-corrected chi connectivity index (χ3v) is 3.25. The minimum atomic E-state index is -0.664.